The van der Waals surface area contributed by atoms with Gasteiger partial charge in [-0.2, -0.15) is 0 Å². The van der Waals surface area contributed by atoms with E-state index in [-0.39, 0.29) is 0 Å². The first-order chi connectivity index (χ1) is 28.3. The maximum atomic E-state index is 2.50. The Morgan fingerprint density at radius 2 is 0.912 bits per heavy atom. The lowest BCUT2D eigenvalue weighted by molar-refractivity contribution is 1.18. The zero-order valence-electron chi connectivity index (χ0n) is 30.9. The summed E-state index contributed by atoms with van der Waals surface area (Å²) in [5.41, 5.74) is 14.6. The molecule has 3 heteroatoms. The van der Waals surface area contributed by atoms with E-state index in [9.17, 15) is 0 Å². The molecule has 266 valence electrons. The van der Waals surface area contributed by atoms with Crippen LogP contribution in [-0.4, -0.2) is 9.13 Å². The van der Waals surface area contributed by atoms with Crippen molar-refractivity contribution in [2.45, 2.75) is 0 Å². The molecule has 0 radical (unpaired) electrons. The lowest BCUT2D eigenvalue weighted by Crippen LogP contribution is -1.95. The lowest BCUT2D eigenvalue weighted by atomic mass is 9.95. The van der Waals surface area contributed by atoms with Crippen LogP contribution >= 0.6 is 11.3 Å². The standard InChI is InChI=1S/C54H34N2S/c1-3-15-35(16-4-1)36-17-13-18-37(33-36)41-30-32-50(54-53(41)44-23-9-12-28-51(44)57-54)56-46-25-10-7-21-42(46)45-34-38(29-31-48(45)56)40-24-14-27-49-52(40)43-22-8-11-26-47(43)55(49)39-19-5-2-6-20-39/h1-34H. The van der Waals surface area contributed by atoms with Crippen molar-refractivity contribution in [3.05, 3.63) is 206 Å². The van der Waals surface area contributed by atoms with E-state index in [0.29, 0.717) is 0 Å². The molecule has 2 nitrogen and oxygen atoms in total. The summed E-state index contributed by atoms with van der Waals surface area (Å²) in [6.07, 6.45) is 0. The zero-order valence-corrected chi connectivity index (χ0v) is 31.7. The Hall–Kier alpha value is -7.20. The van der Waals surface area contributed by atoms with Gasteiger partial charge in [0.15, 0.2) is 0 Å². The molecule has 0 aliphatic rings. The molecule has 0 N–H and O–H groups in total. The Morgan fingerprint density at radius 3 is 1.75 bits per heavy atom. The van der Waals surface area contributed by atoms with Gasteiger partial charge in [0.1, 0.15) is 0 Å². The molecule has 0 fully saturated rings. The Kier molecular flexibility index (Phi) is 7.13. The molecule has 9 aromatic carbocycles. The van der Waals surface area contributed by atoms with Gasteiger partial charge < -0.3 is 9.13 Å². The van der Waals surface area contributed by atoms with Crippen LogP contribution in [0.5, 0.6) is 0 Å². The maximum Gasteiger partial charge on any atom is 0.0641 e. The van der Waals surface area contributed by atoms with Gasteiger partial charge in [-0.15, -0.1) is 11.3 Å². The summed E-state index contributed by atoms with van der Waals surface area (Å²) in [7, 11) is 0. The van der Waals surface area contributed by atoms with Gasteiger partial charge in [-0.05, 0) is 94.0 Å². The average Bonchev–Trinajstić information content (AvgIpc) is 3.95. The quantitative estimate of drug-likeness (QED) is 0.166. The minimum atomic E-state index is 1.17. The summed E-state index contributed by atoms with van der Waals surface area (Å²) in [6.45, 7) is 0. The monoisotopic (exact) mass is 742 g/mol. The highest BCUT2D eigenvalue weighted by Gasteiger charge is 2.21. The molecule has 12 rings (SSSR count). The molecular weight excluding hydrogens is 709 g/mol. The van der Waals surface area contributed by atoms with Gasteiger partial charge in [-0.25, -0.2) is 0 Å². The highest BCUT2D eigenvalue weighted by atomic mass is 32.1. The molecule has 3 heterocycles. The first kappa shape index (κ1) is 32.1. The van der Waals surface area contributed by atoms with Gasteiger partial charge in [0, 0.05) is 42.7 Å². The molecule has 0 aliphatic heterocycles. The van der Waals surface area contributed by atoms with Crippen molar-refractivity contribution >= 4 is 75.1 Å². The summed E-state index contributed by atoms with van der Waals surface area (Å²) in [6, 6.07) is 75.5. The molecule has 0 saturated carbocycles. The molecule has 12 aromatic rings. The van der Waals surface area contributed by atoms with Crippen molar-refractivity contribution in [3.8, 4) is 44.8 Å². The number of benzene rings is 9. The molecule has 0 spiro atoms. The molecule has 0 unspecified atom stereocenters. The third-order valence-corrected chi connectivity index (χ3v) is 12.9. The van der Waals surface area contributed by atoms with E-state index in [1.165, 1.54) is 109 Å². The van der Waals surface area contributed by atoms with Crippen molar-refractivity contribution < 1.29 is 0 Å². The number of nitrogens with zero attached hydrogens (tertiary/aromatic N) is 2. The van der Waals surface area contributed by atoms with Crippen LogP contribution in [0.1, 0.15) is 0 Å². The minimum absolute atomic E-state index is 1.17. The third-order valence-electron chi connectivity index (χ3n) is 11.7. The number of hydrogen-bond donors (Lipinski definition) is 0. The van der Waals surface area contributed by atoms with Crippen LogP contribution in [0.15, 0.2) is 206 Å². The van der Waals surface area contributed by atoms with E-state index in [4.69, 9.17) is 0 Å². The Bertz CT molecular complexity index is 3510. The second kappa shape index (κ2) is 12.7. The van der Waals surface area contributed by atoms with Gasteiger partial charge in [-0.3, -0.25) is 0 Å². The van der Waals surface area contributed by atoms with E-state index >= 15 is 0 Å². The largest absolute Gasteiger partial charge is 0.309 e. The van der Waals surface area contributed by atoms with Crippen LogP contribution in [0.2, 0.25) is 0 Å². The van der Waals surface area contributed by atoms with Gasteiger partial charge in [0.2, 0.25) is 0 Å². The van der Waals surface area contributed by atoms with Gasteiger partial charge in [-0.1, -0.05) is 146 Å². The smallest absolute Gasteiger partial charge is 0.0641 e. The molecule has 3 aromatic heterocycles. The fourth-order valence-corrected chi connectivity index (χ4v) is 10.5. The van der Waals surface area contributed by atoms with Gasteiger partial charge >= 0.3 is 0 Å². The SMILES string of the molecule is c1ccc(-c2cccc(-c3ccc(-n4c5ccccc5c5cc(-c6cccc7c6c6ccccc6n7-c6ccccc6)ccc54)c4sc5ccccc5c34)c2)cc1. The first-order valence-electron chi connectivity index (χ1n) is 19.5. The Labute approximate surface area is 333 Å². The predicted octanol–water partition coefficient (Wildman–Crippen LogP) is 15.2. The van der Waals surface area contributed by atoms with Crippen molar-refractivity contribution in [2.75, 3.05) is 0 Å². The summed E-state index contributed by atoms with van der Waals surface area (Å²) in [5, 5.41) is 7.64. The normalized spacial score (nSPS) is 11.9. The number of rotatable bonds is 5. The van der Waals surface area contributed by atoms with E-state index in [1.54, 1.807) is 0 Å². The van der Waals surface area contributed by atoms with Crippen LogP contribution in [-0.2, 0) is 0 Å². The summed E-state index contributed by atoms with van der Waals surface area (Å²) in [5.74, 6) is 0. The van der Waals surface area contributed by atoms with Crippen molar-refractivity contribution in [2.24, 2.45) is 0 Å². The van der Waals surface area contributed by atoms with Crippen LogP contribution in [0.4, 0.5) is 0 Å². The molecular formula is C54H34N2S. The Balaban J connectivity index is 1.09. The zero-order chi connectivity index (χ0) is 37.5. The van der Waals surface area contributed by atoms with E-state index < -0.39 is 0 Å². The van der Waals surface area contributed by atoms with Crippen LogP contribution < -0.4 is 0 Å². The number of aromatic nitrogens is 2. The van der Waals surface area contributed by atoms with Gasteiger partial charge in [0.05, 0.1) is 32.5 Å². The minimum Gasteiger partial charge on any atom is -0.309 e. The molecule has 57 heavy (non-hydrogen) atoms. The fraction of sp³-hybridized carbons (Fsp3) is 0. The number of fused-ring (bicyclic) bond motifs is 9. The number of para-hydroxylation sites is 3. The first-order valence-corrected chi connectivity index (χ1v) is 20.3. The molecule has 0 aliphatic carbocycles. The summed E-state index contributed by atoms with van der Waals surface area (Å²) in [4.78, 5) is 0. The average molecular weight is 743 g/mol. The van der Waals surface area contributed by atoms with Gasteiger partial charge in [0.25, 0.3) is 0 Å². The second-order valence-corrected chi connectivity index (χ2v) is 15.9. The maximum absolute atomic E-state index is 2.50. The van der Waals surface area contributed by atoms with Crippen molar-refractivity contribution in [3.63, 3.8) is 0 Å². The van der Waals surface area contributed by atoms with E-state index in [2.05, 4.69) is 215 Å². The molecule has 0 bridgehead atoms. The van der Waals surface area contributed by atoms with Crippen molar-refractivity contribution in [1.82, 2.24) is 9.13 Å². The predicted molar refractivity (Wildman–Crippen MR) is 244 cm³/mol. The molecule has 0 saturated heterocycles. The third kappa shape index (κ3) is 4.89. The summed E-state index contributed by atoms with van der Waals surface area (Å²) >= 11 is 1.89. The van der Waals surface area contributed by atoms with Crippen molar-refractivity contribution in [1.29, 1.82) is 0 Å². The van der Waals surface area contributed by atoms with Crippen LogP contribution in [0.3, 0.4) is 0 Å². The Morgan fingerprint density at radius 1 is 0.316 bits per heavy atom. The molecule has 0 amide bonds. The van der Waals surface area contributed by atoms with Crippen LogP contribution in [0, 0.1) is 0 Å². The highest BCUT2D eigenvalue weighted by molar-refractivity contribution is 7.26. The molecule has 0 atom stereocenters. The van der Waals surface area contributed by atoms with E-state index in [0.717, 1.165) is 0 Å². The number of hydrogen-bond acceptors (Lipinski definition) is 1. The highest BCUT2D eigenvalue weighted by Crippen LogP contribution is 2.46. The summed E-state index contributed by atoms with van der Waals surface area (Å²) < 4.78 is 7.49. The fourth-order valence-electron chi connectivity index (χ4n) is 9.24. The lowest BCUT2D eigenvalue weighted by Gasteiger charge is -2.14. The topological polar surface area (TPSA) is 9.86 Å². The van der Waals surface area contributed by atoms with E-state index in [1.807, 2.05) is 11.3 Å². The number of thiophene rings is 1. The second-order valence-electron chi connectivity index (χ2n) is 14.9. The van der Waals surface area contributed by atoms with Crippen LogP contribution in [0.25, 0.3) is 109 Å².